The van der Waals surface area contributed by atoms with E-state index in [0.29, 0.717) is 17.9 Å². The number of rotatable bonds is 5. The molecule has 10 heteroatoms. The summed E-state index contributed by atoms with van der Waals surface area (Å²) in [4.78, 5) is 34.0. The average molecular weight is 482 g/mol. The van der Waals surface area contributed by atoms with E-state index in [4.69, 9.17) is 9.47 Å². The third kappa shape index (κ3) is 5.42. The van der Waals surface area contributed by atoms with Gasteiger partial charge in [0.1, 0.15) is 17.9 Å². The second-order valence-electron chi connectivity index (χ2n) is 8.29. The van der Waals surface area contributed by atoms with Gasteiger partial charge in [-0.05, 0) is 49.5 Å². The highest BCUT2D eigenvalue weighted by atomic mass is 79.9. The molecule has 30 heavy (non-hydrogen) atoms. The number of halogens is 1. The Balaban J connectivity index is 1.84. The first-order valence-corrected chi connectivity index (χ1v) is 10.7. The maximum absolute atomic E-state index is 12.2. The molecule has 1 aliphatic heterocycles. The van der Waals surface area contributed by atoms with E-state index in [2.05, 4.69) is 41.4 Å². The number of pyridine rings is 1. The molecule has 0 unspecified atom stereocenters. The molecule has 9 nitrogen and oxygen atoms in total. The number of carbonyl (C=O) groups excluding carboxylic acids is 2. The van der Waals surface area contributed by atoms with Crippen molar-refractivity contribution in [1.29, 1.82) is 0 Å². The van der Waals surface area contributed by atoms with Gasteiger partial charge in [0.15, 0.2) is 0 Å². The molecule has 0 saturated carbocycles. The second kappa shape index (κ2) is 9.22. The first kappa shape index (κ1) is 22.4. The normalized spacial score (nSPS) is 17.1. The van der Waals surface area contributed by atoms with E-state index in [1.54, 1.807) is 12.4 Å². The molecule has 2 aromatic rings. The number of fused-ring (bicyclic) bond motifs is 1. The van der Waals surface area contributed by atoms with Gasteiger partial charge in [0.2, 0.25) is 5.91 Å². The number of piperidine rings is 1. The largest absolute Gasteiger partial charge is 0.444 e. The van der Waals surface area contributed by atoms with Crippen molar-refractivity contribution in [1.82, 2.24) is 15.3 Å². The maximum atomic E-state index is 12.2. The zero-order valence-electron chi connectivity index (χ0n) is 17.7. The van der Waals surface area contributed by atoms with Gasteiger partial charge < -0.3 is 30.0 Å². The van der Waals surface area contributed by atoms with Gasteiger partial charge in [-0.2, -0.15) is 0 Å². The zero-order chi connectivity index (χ0) is 21.9. The fourth-order valence-electron chi connectivity index (χ4n) is 3.55. The van der Waals surface area contributed by atoms with Gasteiger partial charge >= 0.3 is 6.09 Å². The molecule has 1 aliphatic rings. The summed E-state index contributed by atoms with van der Waals surface area (Å²) in [6.07, 6.45) is 4.82. The van der Waals surface area contributed by atoms with E-state index in [1.807, 2.05) is 20.8 Å². The van der Waals surface area contributed by atoms with Crippen LogP contribution in [0, 0.1) is 0 Å². The van der Waals surface area contributed by atoms with Crippen LogP contribution in [-0.4, -0.2) is 60.4 Å². The minimum atomic E-state index is -0.542. The van der Waals surface area contributed by atoms with Crippen LogP contribution < -0.4 is 15.5 Å². The van der Waals surface area contributed by atoms with Gasteiger partial charge in [0.25, 0.3) is 0 Å². The summed E-state index contributed by atoms with van der Waals surface area (Å²) in [7, 11) is 1.48. The molecule has 1 atom stereocenters. The lowest BCUT2D eigenvalue weighted by Crippen LogP contribution is -2.49. The highest BCUT2D eigenvalue weighted by molar-refractivity contribution is 9.10. The smallest absolute Gasteiger partial charge is 0.407 e. The molecule has 2 amide bonds. The van der Waals surface area contributed by atoms with Crippen molar-refractivity contribution in [2.45, 2.75) is 45.3 Å². The van der Waals surface area contributed by atoms with E-state index in [0.717, 1.165) is 34.9 Å². The third-order valence-corrected chi connectivity index (χ3v) is 5.22. The van der Waals surface area contributed by atoms with Crippen LogP contribution in [0.5, 0.6) is 0 Å². The Hall–Kier alpha value is -2.33. The molecular formula is C20H28BrN5O4. The molecule has 0 aliphatic carbocycles. The Labute approximate surface area is 184 Å². The van der Waals surface area contributed by atoms with Crippen LogP contribution in [0.1, 0.15) is 33.6 Å². The number of H-pyrrole nitrogens is 1. The SMILES string of the molecule is COCC(=O)Nc1c[nH]c2ncc(Br)c(N3CCC[C@@H](NC(=O)OC(C)(C)C)C3)c12. The monoisotopic (exact) mass is 481 g/mol. The fourth-order valence-corrected chi connectivity index (χ4v) is 4.10. The first-order chi connectivity index (χ1) is 14.2. The summed E-state index contributed by atoms with van der Waals surface area (Å²) in [6, 6.07) is -0.0470. The van der Waals surface area contributed by atoms with Gasteiger partial charge in [0, 0.05) is 38.6 Å². The van der Waals surface area contributed by atoms with Crippen LogP contribution >= 0.6 is 15.9 Å². The predicted molar refractivity (Wildman–Crippen MR) is 119 cm³/mol. The van der Waals surface area contributed by atoms with E-state index in [1.165, 1.54) is 7.11 Å². The molecule has 3 rings (SSSR count). The number of aromatic amines is 1. The summed E-state index contributed by atoms with van der Waals surface area (Å²) in [6.45, 7) is 6.94. The Morgan fingerprint density at radius 1 is 1.40 bits per heavy atom. The number of nitrogens with zero attached hydrogens (tertiary/aromatic N) is 2. The van der Waals surface area contributed by atoms with E-state index in [-0.39, 0.29) is 18.6 Å². The molecule has 2 aromatic heterocycles. The highest BCUT2D eigenvalue weighted by Gasteiger charge is 2.27. The summed E-state index contributed by atoms with van der Waals surface area (Å²) in [5.74, 6) is -0.243. The van der Waals surface area contributed by atoms with Gasteiger partial charge in [0.05, 0.1) is 21.2 Å². The van der Waals surface area contributed by atoms with Crippen molar-refractivity contribution < 1.29 is 19.1 Å². The van der Waals surface area contributed by atoms with Crippen LogP contribution in [0.15, 0.2) is 16.9 Å². The van der Waals surface area contributed by atoms with E-state index >= 15 is 0 Å². The molecule has 1 saturated heterocycles. The molecule has 0 aromatic carbocycles. The molecule has 3 heterocycles. The Morgan fingerprint density at radius 2 is 2.17 bits per heavy atom. The van der Waals surface area contributed by atoms with Crippen LogP contribution in [0.3, 0.4) is 0 Å². The number of hydrogen-bond donors (Lipinski definition) is 3. The number of anilines is 2. The van der Waals surface area contributed by atoms with Gasteiger partial charge in [-0.3, -0.25) is 4.79 Å². The summed E-state index contributed by atoms with van der Waals surface area (Å²) in [5.41, 5.74) is 1.69. The Bertz CT molecular complexity index is 924. The van der Waals surface area contributed by atoms with Crippen molar-refractivity contribution >= 4 is 50.3 Å². The van der Waals surface area contributed by atoms with Crippen LogP contribution in [0.4, 0.5) is 16.2 Å². The lowest BCUT2D eigenvalue weighted by Gasteiger charge is -2.36. The lowest BCUT2D eigenvalue weighted by atomic mass is 10.0. The number of hydrogen-bond acceptors (Lipinski definition) is 6. The van der Waals surface area contributed by atoms with Gasteiger partial charge in [-0.15, -0.1) is 0 Å². The average Bonchev–Trinajstić information content (AvgIpc) is 3.03. The van der Waals surface area contributed by atoms with E-state index in [9.17, 15) is 9.59 Å². The zero-order valence-corrected chi connectivity index (χ0v) is 19.3. The second-order valence-corrected chi connectivity index (χ2v) is 9.15. The molecule has 0 radical (unpaired) electrons. The summed E-state index contributed by atoms with van der Waals surface area (Å²) in [5, 5.41) is 6.65. The Morgan fingerprint density at radius 3 is 2.87 bits per heavy atom. The van der Waals surface area contributed by atoms with Crippen molar-refractivity contribution in [3.8, 4) is 0 Å². The minimum absolute atomic E-state index is 0.0327. The number of amides is 2. The molecular weight excluding hydrogens is 454 g/mol. The minimum Gasteiger partial charge on any atom is -0.444 e. The quantitative estimate of drug-likeness (QED) is 0.603. The first-order valence-electron chi connectivity index (χ1n) is 9.87. The molecule has 164 valence electrons. The molecule has 1 fully saturated rings. The number of carbonyl (C=O) groups is 2. The number of methoxy groups -OCH3 is 1. The van der Waals surface area contributed by atoms with Crippen LogP contribution in [0.2, 0.25) is 0 Å². The number of alkyl carbamates (subject to hydrolysis) is 1. The maximum Gasteiger partial charge on any atom is 0.407 e. The lowest BCUT2D eigenvalue weighted by molar-refractivity contribution is -0.119. The van der Waals surface area contributed by atoms with Gasteiger partial charge in [-0.1, -0.05) is 0 Å². The van der Waals surface area contributed by atoms with Crippen molar-refractivity contribution in [3.63, 3.8) is 0 Å². The third-order valence-electron chi connectivity index (χ3n) is 4.64. The standard InChI is InChI=1S/C20H28BrN5O4/c1-20(2,3)30-19(28)24-12-6-5-7-26(10-12)17-13(21)8-22-18-16(17)14(9-23-18)25-15(27)11-29-4/h8-9,12H,5-7,10-11H2,1-4H3,(H,22,23)(H,24,28)(H,25,27)/t12-/m1/s1. The summed E-state index contributed by atoms with van der Waals surface area (Å²) >= 11 is 3.61. The number of aromatic nitrogens is 2. The van der Waals surface area contributed by atoms with Crippen LogP contribution in [-0.2, 0) is 14.3 Å². The van der Waals surface area contributed by atoms with Gasteiger partial charge in [-0.25, -0.2) is 9.78 Å². The number of ether oxygens (including phenoxy) is 2. The van der Waals surface area contributed by atoms with Crippen LogP contribution in [0.25, 0.3) is 11.0 Å². The van der Waals surface area contributed by atoms with Crippen molar-refractivity contribution in [2.24, 2.45) is 0 Å². The predicted octanol–water partition coefficient (Wildman–Crippen LogP) is 3.40. The highest BCUT2D eigenvalue weighted by Crippen LogP contribution is 2.38. The molecule has 3 N–H and O–H groups in total. The van der Waals surface area contributed by atoms with E-state index < -0.39 is 11.7 Å². The van der Waals surface area contributed by atoms with Crippen molar-refractivity contribution in [2.75, 3.05) is 37.0 Å². The van der Waals surface area contributed by atoms with Crippen molar-refractivity contribution in [3.05, 3.63) is 16.9 Å². The summed E-state index contributed by atoms with van der Waals surface area (Å²) < 4.78 is 11.1. The Kier molecular flexibility index (Phi) is 6.87. The molecule has 0 spiro atoms. The number of nitrogens with one attached hydrogen (secondary N) is 3. The molecule has 0 bridgehead atoms. The fraction of sp³-hybridized carbons (Fsp3) is 0.550. The topological polar surface area (TPSA) is 109 Å².